The molecule has 0 radical (unpaired) electrons. The van der Waals surface area contributed by atoms with Crippen molar-refractivity contribution in [1.82, 2.24) is 29.6 Å². The van der Waals surface area contributed by atoms with Gasteiger partial charge < -0.3 is 25.2 Å². The molecule has 4 heterocycles. The van der Waals surface area contributed by atoms with Gasteiger partial charge in [0.2, 0.25) is 5.82 Å². The Morgan fingerprint density at radius 1 is 1.28 bits per heavy atom. The fourth-order valence-electron chi connectivity index (χ4n) is 3.42. The van der Waals surface area contributed by atoms with E-state index >= 15 is 0 Å². The fraction of sp³-hybridized carbons (Fsp3) is 0.263. The van der Waals surface area contributed by atoms with Gasteiger partial charge in [0.05, 0.1) is 10.7 Å². The molecule has 0 saturated heterocycles. The Hall–Kier alpha value is -3.41. The van der Waals surface area contributed by atoms with Crippen molar-refractivity contribution in [3.05, 3.63) is 47.3 Å². The van der Waals surface area contributed by atoms with Gasteiger partial charge in [0.25, 0.3) is 0 Å². The minimum absolute atomic E-state index is 0.0257. The lowest BCUT2D eigenvalue weighted by Crippen LogP contribution is -2.30. The van der Waals surface area contributed by atoms with Gasteiger partial charge in [-0.05, 0) is 18.2 Å². The minimum Gasteiger partial charge on any atom is -0.375 e. The number of aryl methyl sites for hydroxylation is 1. The van der Waals surface area contributed by atoms with Crippen LogP contribution in [0.15, 0.2) is 36.4 Å². The molecule has 3 aromatic rings. The van der Waals surface area contributed by atoms with Gasteiger partial charge in [0.15, 0.2) is 5.82 Å². The molecule has 1 aliphatic heterocycles. The third-order valence-corrected chi connectivity index (χ3v) is 5.26. The molecular formula is C19H17ClF4N8. The van der Waals surface area contributed by atoms with E-state index in [4.69, 9.17) is 17.0 Å². The van der Waals surface area contributed by atoms with E-state index in [9.17, 15) is 17.6 Å². The van der Waals surface area contributed by atoms with Crippen LogP contribution in [0, 0.1) is 5.41 Å². The number of rotatable bonds is 7. The van der Waals surface area contributed by atoms with E-state index in [0.717, 1.165) is 10.8 Å². The van der Waals surface area contributed by atoms with Crippen LogP contribution < -0.4 is 10.6 Å². The number of anilines is 1. The third kappa shape index (κ3) is 3.70. The summed E-state index contributed by atoms with van der Waals surface area (Å²) < 4.78 is 56.3. The molecule has 0 unspecified atom stereocenters. The number of aromatic nitrogens is 5. The highest BCUT2D eigenvalue weighted by atomic mass is 35.5. The van der Waals surface area contributed by atoms with Gasteiger partial charge in [-0.2, -0.15) is 8.78 Å². The van der Waals surface area contributed by atoms with Crippen molar-refractivity contribution >= 4 is 23.6 Å². The molecule has 8 nitrogen and oxygen atoms in total. The summed E-state index contributed by atoms with van der Waals surface area (Å²) in [6.45, 7) is 0.296. The lowest BCUT2D eigenvalue weighted by Gasteiger charge is -2.21. The van der Waals surface area contributed by atoms with Gasteiger partial charge in [-0.1, -0.05) is 11.6 Å². The van der Waals surface area contributed by atoms with Crippen LogP contribution in [0.25, 0.3) is 22.6 Å². The molecule has 0 aliphatic carbocycles. The molecule has 13 heteroatoms. The van der Waals surface area contributed by atoms with Crippen LogP contribution in [0.3, 0.4) is 0 Å². The highest BCUT2D eigenvalue weighted by molar-refractivity contribution is 6.33. The summed E-state index contributed by atoms with van der Waals surface area (Å²) in [4.78, 5) is 4.21. The van der Waals surface area contributed by atoms with Crippen molar-refractivity contribution < 1.29 is 17.6 Å². The average molecular weight is 469 g/mol. The number of hydrogen-bond donors (Lipinski definition) is 3. The maximum Gasteiger partial charge on any atom is 0.365 e. The smallest absolute Gasteiger partial charge is 0.365 e. The van der Waals surface area contributed by atoms with Crippen LogP contribution in [-0.2, 0) is 19.0 Å². The van der Waals surface area contributed by atoms with Gasteiger partial charge in [-0.15, -0.1) is 10.2 Å². The molecule has 0 amide bonds. The summed E-state index contributed by atoms with van der Waals surface area (Å²) in [6, 6.07) is 3.38. The molecule has 3 N–H and O–H groups in total. The zero-order valence-electron chi connectivity index (χ0n) is 16.6. The standard InChI is InChI=1S/C19H17ClF4N8/c1-26-14(2-3-25)28-15-7-11(12(20)8-27-15)10-6-13-16-29-30-18(19(23,24)17(21)22)32(16)5-4-31(13)9-10/h2-3,6-9,17,25-26H,4-5H2,1H3,(H,27,28)/b14-2+,25-3?. The first-order valence-corrected chi connectivity index (χ1v) is 9.75. The first-order chi connectivity index (χ1) is 15.3. The number of nitrogens with one attached hydrogen (secondary N) is 3. The van der Waals surface area contributed by atoms with E-state index in [1.54, 1.807) is 29.9 Å². The number of allylic oxidation sites excluding steroid dienone is 1. The quantitative estimate of drug-likeness (QED) is 0.360. The Kier molecular flexibility index (Phi) is 5.63. The molecule has 0 fully saturated rings. The predicted molar refractivity (Wildman–Crippen MR) is 111 cm³/mol. The van der Waals surface area contributed by atoms with E-state index in [2.05, 4.69) is 25.8 Å². The number of halogens is 5. The highest BCUT2D eigenvalue weighted by Crippen LogP contribution is 2.39. The van der Waals surface area contributed by atoms with Crippen LogP contribution in [-0.4, -0.2) is 44.0 Å². The van der Waals surface area contributed by atoms with Crippen LogP contribution in [0.5, 0.6) is 0 Å². The number of nitrogens with zero attached hydrogens (tertiary/aromatic N) is 5. The number of pyridine rings is 1. The van der Waals surface area contributed by atoms with E-state index in [1.807, 2.05) is 0 Å². The van der Waals surface area contributed by atoms with Crippen LogP contribution >= 0.6 is 11.6 Å². The molecule has 0 spiro atoms. The third-order valence-electron chi connectivity index (χ3n) is 4.96. The Bertz CT molecular complexity index is 1200. The van der Waals surface area contributed by atoms with E-state index < -0.39 is 18.2 Å². The van der Waals surface area contributed by atoms with Gasteiger partial charge in [-0.25, -0.2) is 13.8 Å². The number of alkyl halides is 4. The van der Waals surface area contributed by atoms with Crippen molar-refractivity contribution in [2.24, 2.45) is 0 Å². The van der Waals surface area contributed by atoms with Crippen molar-refractivity contribution in [2.75, 3.05) is 12.4 Å². The van der Waals surface area contributed by atoms with Gasteiger partial charge in [-0.3, -0.25) is 0 Å². The van der Waals surface area contributed by atoms with Crippen molar-refractivity contribution in [1.29, 1.82) is 5.41 Å². The van der Waals surface area contributed by atoms with Crippen molar-refractivity contribution in [3.63, 3.8) is 0 Å². The maximum atomic E-state index is 13.9. The molecule has 1 aliphatic rings. The van der Waals surface area contributed by atoms with Crippen molar-refractivity contribution in [3.8, 4) is 22.6 Å². The second kappa shape index (κ2) is 8.26. The fourth-order valence-corrected chi connectivity index (χ4v) is 3.64. The lowest BCUT2D eigenvalue weighted by atomic mass is 10.1. The average Bonchev–Trinajstić information content (AvgIpc) is 3.38. The first-order valence-electron chi connectivity index (χ1n) is 9.38. The molecular weight excluding hydrogens is 452 g/mol. The maximum absolute atomic E-state index is 13.9. The molecule has 168 valence electrons. The summed E-state index contributed by atoms with van der Waals surface area (Å²) in [5.41, 5.74) is 1.73. The molecule has 0 aromatic carbocycles. The predicted octanol–water partition coefficient (Wildman–Crippen LogP) is 3.95. The summed E-state index contributed by atoms with van der Waals surface area (Å²) in [6.07, 6.45) is 1.96. The summed E-state index contributed by atoms with van der Waals surface area (Å²) in [7, 11) is 1.68. The second-order valence-corrected chi connectivity index (χ2v) is 7.31. The molecule has 32 heavy (non-hydrogen) atoms. The Balaban J connectivity index is 1.72. The summed E-state index contributed by atoms with van der Waals surface area (Å²) >= 11 is 6.34. The van der Waals surface area contributed by atoms with E-state index in [1.165, 1.54) is 12.3 Å². The normalized spacial score (nSPS) is 13.7. The Morgan fingerprint density at radius 3 is 2.75 bits per heavy atom. The Labute approximate surface area is 184 Å². The first kappa shape index (κ1) is 21.8. The second-order valence-electron chi connectivity index (χ2n) is 6.90. The van der Waals surface area contributed by atoms with Gasteiger partial charge in [0, 0.05) is 49.9 Å². The van der Waals surface area contributed by atoms with Crippen LogP contribution in [0.2, 0.25) is 5.02 Å². The molecule has 3 aromatic heterocycles. The Morgan fingerprint density at radius 2 is 2.06 bits per heavy atom. The number of hydrogen-bond acceptors (Lipinski definition) is 6. The van der Waals surface area contributed by atoms with Gasteiger partial charge >= 0.3 is 12.3 Å². The molecule has 4 rings (SSSR count). The lowest BCUT2D eigenvalue weighted by molar-refractivity contribution is -0.143. The molecule has 0 bridgehead atoms. The topological polar surface area (TPSA) is 96.4 Å². The van der Waals surface area contributed by atoms with E-state index in [-0.39, 0.29) is 18.9 Å². The monoisotopic (exact) mass is 468 g/mol. The summed E-state index contributed by atoms with van der Waals surface area (Å²) in [5, 5.41) is 20.5. The molecule has 0 atom stereocenters. The van der Waals surface area contributed by atoms with Crippen LogP contribution in [0.1, 0.15) is 5.82 Å². The SMILES string of the molecule is CN/C(=C\C=N)Nc1cc(-c2cc3n(c2)CCn2c-3nnc2C(F)(F)C(F)F)c(Cl)cn1. The largest absolute Gasteiger partial charge is 0.375 e. The summed E-state index contributed by atoms with van der Waals surface area (Å²) in [5.74, 6) is -4.38. The van der Waals surface area contributed by atoms with Crippen molar-refractivity contribution in [2.45, 2.75) is 25.4 Å². The zero-order valence-corrected chi connectivity index (χ0v) is 17.3. The number of fused-ring (bicyclic) bond motifs is 3. The molecule has 0 saturated carbocycles. The minimum atomic E-state index is -4.40. The highest BCUT2D eigenvalue weighted by Gasteiger charge is 2.48. The zero-order chi connectivity index (χ0) is 23.0. The van der Waals surface area contributed by atoms with E-state index in [0.29, 0.717) is 33.5 Å². The van der Waals surface area contributed by atoms with Crippen LogP contribution in [0.4, 0.5) is 23.4 Å². The van der Waals surface area contributed by atoms with Gasteiger partial charge in [0.1, 0.15) is 11.6 Å².